The van der Waals surface area contributed by atoms with Crippen molar-refractivity contribution in [2.45, 2.75) is 97.3 Å². The van der Waals surface area contributed by atoms with Crippen molar-refractivity contribution in [1.29, 1.82) is 0 Å². The minimum atomic E-state index is 0. The Kier molecular flexibility index (Phi) is 15.3. The zero-order valence-corrected chi connectivity index (χ0v) is 15.5. The highest BCUT2D eigenvalue weighted by molar-refractivity contribution is 4.62. The maximum Gasteiger partial charge on any atom is 0.0773 e. The Morgan fingerprint density at radius 1 is 0.714 bits per heavy atom. The zero-order chi connectivity index (χ0) is 14.5. The van der Waals surface area contributed by atoms with Crippen LogP contribution in [0.4, 0.5) is 0 Å². The molecule has 0 atom stereocenters. The zero-order valence-electron chi connectivity index (χ0n) is 14.8. The molecule has 1 aliphatic heterocycles. The van der Waals surface area contributed by atoms with E-state index < -0.39 is 0 Å². The summed E-state index contributed by atoms with van der Waals surface area (Å²) in [7, 11) is 0. The van der Waals surface area contributed by atoms with Gasteiger partial charge in [0, 0.05) is 0 Å². The molecule has 1 N–H and O–H groups in total. The van der Waals surface area contributed by atoms with Crippen LogP contribution in [0.1, 0.15) is 97.3 Å². The highest BCUT2D eigenvalue weighted by atomic mass is 35.5. The van der Waals surface area contributed by atoms with Gasteiger partial charge in [0.15, 0.2) is 0 Å². The molecular formula is C19H40ClN. The number of quaternary nitrogens is 1. The summed E-state index contributed by atoms with van der Waals surface area (Å²) < 4.78 is 0. The molecule has 1 nitrogen and oxygen atoms in total. The summed E-state index contributed by atoms with van der Waals surface area (Å²) in [5, 5.41) is 0. The van der Waals surface area contributed by atoms with E-state index in [9.17, 15) is 0 Å². The van der Waals surface area contributed by atoms with Gasteiger partial charge < -0.3 is 17.3 Å². The monoisotopic (exact) mass is 317 g/mol. The van der Waals surface area contributed by atoms with Crippen molar-refractivity contribution in [1.82, 2.24) is 0 Å². The molecule has 0 unspecified atom stereocenters. The molecule has 0 spiro atoms. The van der Waals surface area contributed by atoms with Crippen LogP contribution in [0.2, 0.25) is 0 Å². The largest absolute Gasteiger partial charge is 1.00 e. The predicted octanol–water partition coefficient (Wildman–Crippen LogP) is 1.62. The molecule has 0 saturated carbocycles. The number of halogens is 1. The number of rotatable bonds is 12. The van der Waals surface area contributed by atoms with Gasteiger partial charge in [0.25, 0.3) is 0 Å². The van der Waals surface area contributed by atoms with Crippen LogP contribution >= 0.6 is 0 Å². The average Bonchev–Trinajstić information content (AvgIpc) is 2.49. The summed E-state index contributed by atoms with van der Waals surface area (Å²) in [5.74, 6) is 1.07. The number of unbranched alkanes of at least 4 members (excludes halogenated alkanes) is 8. The lowest BCUT2D eigenvalue weighted by Crippen LogP contribution is -3.13. The van der Waals surface area contributed by atoms with Gasteiger partial charge >= 0.3 is 0 Å². The third-order valence-electron chi connectivity index (χ3n) is 5.16. The predicted molar refractivity (Wildman–Crippen MR) is 90.4 cm³/mol. The molecule has 21 heavy (non-hydrogen) atoms. The molecule has 0 radical (unpaired) electrons. The fraction of sp³-hybridized carbons (Fsp3) is 1.00. The number of hydrogen-bond acceptors (Lipinski definition) is 0. The van der Waals surface area contributed by atoms with Gasteiger partial charge in [-0.1, -0.05) is 71.6 Å². The van der Waals surface area contributed by atoms with Gasteiger partial charge in [0.05, 0.1) is 19.6 Å². The van der Waals surface area contributed by atoms with Gasteiger partial charge in [-0.2, -0.15) is 0 Å². The van der Waals surface area contributed by atoms with Gasteiger partial charge in [-0.3, -0.25) is 0 Å². The molecular weight excluding hydrogens is 278 g/mol. The van der Waals surface area contributed by atoms with E-state index in [0.717, 1.165) is 5.92 Å². The first-order valence-corrected chi connectivity index (χ1v) is 9.70. The Hall–Kier alpha value is 0.250. The average molecular weight is 318 g/mol. The summed E-state index contributed by atoms with van der Waals surface area (Å²) in [6.07, 6.45) is 19.0. The van der Waals surface area contributed by atoms with Crippen LogP contribution in [-0.2, 0) is 0 Å². The van der Waals surface area contributed by atoms with Crippen molar-refractivity contribution in [3.05, 3.63) is 0 Å². The van der Waals surface area contributed by atoms with Gasteiger partial charge in [-0.25, -0.2) is 0 Å². The van der Waals surface area contributed by atoms with E-state index in [1.165, 1.54) is 103 Å². The first-order valence-electron chi connectivity index (χ1n) is 9.70. The van der Waals surface area contributed by atoms with E-state index in [-0.39, 0.29) is 12.4 Å². The van der Waals surface area contributed by atoms with Crippen LogP contribution < -0.4 is 17.3 Å². The summed E-state index contributed by atoms with van der Waals surface area (Å²) in [5.41, 5.74) is 0. The summed E-state index contributed by atoms with van der Waals surface area (Å²) in [6.45, 7) is 9.00. The van der Waals surface area contributed by atoms with Crippen molar-refractivity contribution in [3.63, 3.8) is 0 Å². The van der Waals surface area contributed by atoms with Gasteiger partial charge in [-0.15, -0.1) is 0 Å². The second kappa shape index (κ2) is 15.2. The Labute approximate surface area is 140 Å². The van der Waals surface area contributed by atoms with Crippen LogP contribution in [-0.4, -0.2) is 19.6 Å². The standard InChI is InChI=1S/C19H39N.ClH/c1-3-5-7-8-9-10-11-12-16-20-17-14-19(15-18-20)13-6-4-2;/h19H,3-18H2,1-2H3;1H. The quantitative estimate of drug-likeness (QED) is 0.522. The first kappa shape index (κ1) is 21.2. The van der Waals surface area contributed by atoms with E-state index in [2.05, 4.69) is 13.8 Å². The first-order chi connectivity index (χ1) is 9.86. The van der Waals surface area contributed by atoms with Crippen molar-refractivity contribution in [2.24, 2.45) is 5.92 Å². The van der Waals surface area contributed by atoms with E-state index in [4.69, 9.17) is 0 Å². The number of likely N-dealkylation sites (tertiary alicyclic amines) is 1. The fourth-order valence-electron chi connectivity index (χ4n) is 3.63. The molecule has 1 rings (SSSR count). The molecule has 1 heterocycles. The topological polar surface area (TPSA) is 4.44 Å². The Morgan fingerprint density at radius 2 is 1.24 bits per heavy atom. The highest BCUT2D eigenvalue weighted by Crippen LogP contribution is 2.17. The maximum atomic E-state index is 2.32. The van der Waals surface area contributed by atoms with Crippen molar-refractivity contribution < 1.29 is 17.3 Å². The van der Waals surface area contributed by atoms with Gasteiger partial charge in [0.1, 0.15) is 0 Å². The Bertz CT molecular complexity index is 200. The third kappa shape index (κ3) is 11.5. The highest BCUT2D eigenvalue weighted by Gasteiger charge is 2.20. The summed E-state index contributed by atoms with van der Waals surface area (Å²) >= 11 is 0. The Morgan fingerprint density at radius 3 is 1.81 bits per heavy atom. The lowest BCUT2D eigenvalue weighted by Gasteiger charge is -2.29. The van der Waals surface area contributed by atoms with Crippen molar-refractivity contribution in [2.75, 3.05) is 19.6 Å². The lowest BCUT2D eigenvalue weighted by atomic mass is 9.91. The number of hydrogen-bond donors (Lipinski definition) is 1. The Balaban J connectivity index is 0.00000400. The van der Waals surface area contributed by atoms with Crippen LogP contribution in [0.5, 0.6) is 0 Å². The van der Waals surface area contributed by atoms with Crippen molar-refractivity contribution in [3.8, 4) is 0 Å². The molecule has 0 aromatic rings. The van der Waals surface area contributed by atoms with Gasteiger partial charge in [0.2, 0.25) is 0 Å². The van der Waals surface area contributed by atoms with Crippen LogP contribution in [0.3, 0.4) is 0 Å². The molecule has 0 aromatic carbocycles. The third-order valence-corrected chi connectivity index (χ3v) is 5.16. The van der Waals surface area contributed by atoms with Crippen LogP contribution in [0.15, 0.2) is 0 Å². The normalized spacial score (nSPS) is 22.0. The van der Waals surface area contributed by atoms with E-state index in [1.54, 1.807) is 0 Å². The molecule has 0 aromatic heterocycles. The molecule has 0 bridgehead atoms. The van der Waals surface area contributed by atoms with E-state index >= 15 is 0 Å². The maximum absolute atomic E-state index is 2.32. The SMILES string of the molecule is CCCCCCCCCC[NH+]1CCC(CCCC)CC1.[Cl-]. The minimum absolute atomic E-state index is 0. The number of nitrogens with one attached hydrogen (secondary N) is 1. The van der Waals surface area contributed by atoms with Crippen LogP contribution in [0, 0.1) is 5.92 Å². The second-order valence-electron chi connectivity index (χ2n) is 7.06. The minimum Gasteiger partial charge on any atom is -1.00 e. The second-order valence-corrected chi connectivity index (χ2v) is 7.06. The molecule has 1 saturated heterocycles. The van der Waals surface area contributed by atoms with Gasteiger partial charge in [-0.05, 0) is 31.6 Å². The van der Waals surface area contributed by atoms with E-state index in [0.29, 0.717) is 0 Å². The molecule has 1 fully saturated rings. The van der Waals surface area contributed by atoms with Crippen LogP contribution in [0.25, 0.3) is 0 Å². The van der Waals surface area contributed by atoms with Crippen molar-refractivity contribution >= 4 is 0 Å². The molecule has 1 aliphatic rings. The summed E-state index contributed by atoms with van der Waals surface area (Å²) in [4.78, 5) is 1.91. The number of piperidine rings is 1. The molecule has 128 valence electrons. The smallest absolute Gasteiger partial charge is 0.0773 e. The van der Waals surface area contributed by atoms with E-state index in [1.807, 2.05) is 4.90 Å². The summed E-state index contributed by atoms with van der Waals surface area (Å²) in [6, 6.07) is 0. The molecule has 2 heteroatoms. The molecule has 0 amide bonds. The lowest BCUT2D eigenvalue weighted by molar-refractivity contribution is -0.906. The fourth-order valence-corrected chi connectivity index (χ4v) is 3.63. The molecule has 0 aliphatic carbocycles.